The molecule has 0 heterocycles. The minimum absolute atomic E-state index is 0.0763. The molecule has 0 amide bonds. The third-order valence-corrected chi connectivity index (χ3v) is 14.7. The predicted molar refractivity (Wildman–Crippen MR) is 330 cm³/mol. The number of carbonyl (C=O) groups excluding carboxylic acids is 3. The zero-order valence-corrected chi connectivity index (χ0v) is 50.8. The molecule has 6 nitrogen and oxygen atoms in total. The standard InChI is InChI=1S/C70H126O6/c1-4-7-10-13-16-19-22-25-27-29-31-32-33-34-35-36-37-38-40-41-43-45-48-51-54-57-60-63-69(72)75-66-67(65-74-68(71)62-59-56-53-50-47-24-21-18-15-12-9-6-3)76-70(73)64-61-58-55-52-49-46-44-42-39-30-28-26-23-20-17-14-11-8-5-2/h18,21-22,25-26,28-29,31,33-34,67H,4-17,19-20,23-24,27,30,32,35-66H2,1-3H3/b21-18-,25-22-,28-26-,31-29-,34-33-. The molecule has 0 spiro atoms. The van der Waals surface area contributed by atoms with Gasteiger partial charge in [0.15, 0.2) is 6.10 Å². The van der Waals surface area contributed by atoms with Crippen LogP contribution in [-0.2, 0) is 28.6 Å². The van der Waals surface area contributed by atoms with Crippen LogP contribution >= 0.6 is 0 Å². The first kappa shape index (κ1) is 73.1. The average Bonchev–Trinajstić information content (AvgIpc) is 3.42. The van der Waals surface area contributed by atoms with Crippen molar-refractivity contribution in [3.05, 3.63) is 60.8 Å². The molecule has 0 saturated carbocycles. The highest BCUT2D eigenvalue weighted by molar-refractivity contribution is 5.71. The molecule has 0 aliphatic carbocycles. The van der Waals surface area contributed by atoms with Crippen LogP contribution in [0, 0.1) is 0 Å². The molecule has 0 aromatic carbocycles. The van der Waals surface area contributed by atoms with Gasteiger partial charge < -0.3 is 14.2 Å². The van der Waals surface area contributed by atoms with Crippen molar-refractivity contribution in [2.75, 3.05) is 13.2 Å². The summed E-state index contributed by atoms with van der Waals surface area (Å²) < 4.78 is 16.9. The summed E-state index contributed by atoms with van der Waals surface area (Å²) in [6.45, 7) is 6.63. The molecule has 76 heavy (non-hydrogen) atoms. The van der Waals surface area contributed by atoms with Gasteiger partial charge in [-0.25, -0.2) is 0 Å². The van der Waals surface area contributed by atoms with Crippen molar-refractivity contribution in [2.24, 2.45) is 0 Å². The van der Waals surface area contributed by atoms with E-state index >= 15 is 0 Å². The Bertz CT molecular complexity index is 1360. The molecule has 0 radical (unpaired) electrons. The van der Waals surface area contributed by atoms with Gasteiger partial charge >= 0.3 is 17.9 Å². The highest BCUT2D eigenvalue weighted by atomic mass is 16.6. The Balaban J connectivity index is 4.25. The van der Waals surface area contributed by atoms with Gasteiger partial charge in [0.25, 0.3) is 0 Å². The van der Waals surface area contributed by atoms with Crippen LogP contribution < -0.4 is 0 Å². The second-order valence-electron chi connectivity index (χ2n) is 22.4. The molecule has 0 aromatic rings. The monoisotopic (exact) mass is 1060 g/mol. The van der Waals surface area contributed by atoms with Gasteiger partial charge in [0.05, 0.1) is 0 Å². The molecule has 0 saturated heterocycles. The van der Waals surface area contributed by atoms with Crippen LogP contribution in [0.5, 0.6) is 0 Å². The molecular weight excluding hydrogens is 937 g/mol. The molecule has 442 valence electrons. The van der Waals surface area contributed by atoms with Crippen molar-refractivity contribution >= 4 is 17.9 Å². The van der Waals surface area contributed by atoms with Crippen LogP contribution in [0.4, 0.5) is 0 Å². The van der Waals surface area contributed by atoms with Gasteiger partial charge in [-0.15, -0.1) is 0 Å². The van der Waals surface area contributed by atoms with Crippen LogP contribution in [0.25, 0.3) is 0 Å². The van der Waals surface area contributed by atoms with Gasteiger partial charge in [-0.1, -0.05) is 281 Å². The van der Waals surface area contributed by atoms with E-state index in [1.807, 2.05) is 0 Å². The van der Waals surface area contributed by atoms with Gasteiger partial charge in [-0.05, 0) is 109 Å². The summed E-state index contributed by atoms with van der Waals surface area (Å²) in [5.74, 6) is -0.872. The third kappa shape index (κ3) is 62.0. The number of ether oxygens (including phenoxy) is 3. The third-order valence-electron chi connectivity index (χ3n) is 14.7. The van der Waals surface area contributed by atoms with E-state index in [-0.39, 0.29) is 31.1 Å². The Kier molecular flexibility index (Phi) is 62.2. The second kappa shape index (κ2) is 64.6. The first-order valence-corrected chi connectivity index (χ1v) is 33.3. The smallest absolute Gasteiger partial charge is 0.306 e. The lowest BCUT2D eigenvalue weighted by atomic mass is 10.0. The lowest BCUT2D eigenvalue weighted by Gasteiger charge is -2.18. The molecule has 0 aromatic heterocycles. The van der Waals surface area contributed by atoms with Gasteiger partial charge in [-0.3, -0.25) is 14.4 Å². The molecule has 0 N–H and O–H groups in total. The van der Waals surface area contributed by atoms with E-state index in [0.717, 1.165) is 77.0 Å². The largest absolute Gasteiger partial charge is 0.462 e. The van der Waals surface area contributed by atoms with Gasteiger partial charge in [-0.2, -0.15) is 0 Å². The Labute approximate surface area is 472 Å². The zero-order chi connectivity index (χ0) is 55.0. The summed E-state index contributed by atoms with van der Waals surface area (Å²) in [6, 6.07) is 0. The molecule has 0 fully saturated rings. The zero-order valence-electron chi connectivity index (χ0n) is 50.8. The summed E-state index contributed by atoms with van der Waals surface area (Å²) in [4.78, 5) is 38.3. The SMILES string of the molecule is CCCCC/C=C\CCCCCCCC(=O)OCC(COC(=O)CCCCCCCCCCCCCC/C=C\C/C=C\C/C=C\CCCCCCC)OC(=O)CCCCCCCCCCC/C=C\CCCCCCCC. The molecule has 0 aliphatic rings. The maximum Gasteiger partial charge on any atom is 0.306 e. The van der Waals surface area contributed by atoms with E-state index in [2.05, 4.69) is 81.5 Å². The van der Waals surface area contributed by atoms with Crippen LogP contribution in [-0.4, -0.2) is 37.2 Å². The van der Waals surface area contributed by atoms with Crippen molar-refractivity contribution in [1.29, 1.82) is 0 Å². The van der Waals surface area contributed by atoms with Gasteiger partial charge in [0, 0.05) is 19.3 Å². The Hall–Kier alpha value is -2.89. The van der Waals surface area contributed by atoms with E-state index in [9.17, 15) is 14.4 Å². The molecule has 6 heteroatoms. The minimum Gasteiger partial charge on any atom is -0.462 e. The van der Waals surface area contributed by atoms with Crippen molar-refractivity contribution in [3.63, 3.8) is 0 Å². The fraction of sp³-hybridized carbons (Fsp3) is 0.814. The number of hydrogen-bond donors (Lipinski definition) is 0. The van der Waals surface area contributed by atoms with Crippen molar-refractivity contribution < 1.29 is 28.6 Å². The maximum atomic E-state index is 12.9. The first-order valence-electron chi connectivity index (χ1n) is 33.3. The van der Waals surface area contributed by atoms with Gasteiger partial charge in [0.2, 0.25) is 0 Å². The van der Waals surface area contributed by atoms with Crippen LogP contribution in [0.1, 0.15) is 348 Å². The number of hydrogen-bond acceptors (Lipinski definition) is 6. The molecule has 1 atom stereocenters. The summed E-state index contributed by atoms with van der Waals surface area (Å²) in [5, 5.41) is 0. The molecular formula is C70H126O6. The minimum atomic E-state index is -0.779. The number of esters is 3. The number of unbranched alkanes of at least 4 members (excludes halogenated alkanes) is 40. The quantitative estimate of drug-likeness (QED) is 0.0261. The molecule has 0 aliphatic heterocycles. The van der Waals surface area contributed by atoms with E-state index in [4.69, 9.17) is 14.2 Å². The Morgan fingerprint density at radius 3 is 0.776 bits per heavy atom. The molecule has 1 unspecified atom stereocenters. The fourth-order valence-electron chi connectivity index (χ4n) is 9.68. The van der Waals surface area contributed by atoms with E-state index < -0.39 is 6.10 Å². The highest BCUT2D eigenvalue weighted by Gasteiger charge is 2.19. The molecule has 0 rings (SSSR count). The summed E-state index contributed by atoms with van der Waals surface area (Å²) in [5.41, 5.74) is 0. The Morgan fingerprint density at radius 1 is 0.263 bits per heavy atom. The maximum absolute atomic E-state index is 12.9. The number of rotatable bonds is 61. The topological polar surface area (TPSA) is 78.9 Å². The lowest BCUT2D eigenvalue weighted by Crippen LogP contribution is -2.30. The van der Waals surface area contributed by atoms with Crippen LogP contribution in [0.15, 0.2) is 60.8 Å². The van der Waals surface area contributed by atoms with Gasteiger partial charge in [0.1, 0.15) is 13.2 Å². The van der Waals surface area contributed by atoms with E-state index in [1.54, 1.807) is 0 Å². The van der Waals surface area contributed by atoms with Crippen LogP contribution in [0.3, 0.4) is 0 Å². The predicted octanol–water partition coefficient (Wildman–Crippen LogP) is 22.7. The van der Waals surface area contributed by atoms with E-state index in [0.29, 0.717) is 19.3 Å². The summed E-state index contributed by atoms with van der Waals surface area (Å²) in [7, 11) is 0. The average molecular weight is 1060 g/mol. The summed E-state index contributed by atoms with van der Waals surface area (Å²) >= 11 is 0. The highest BCUT2D eigenvalue weighted by Crippen LogP contribution is 2.17. The van der Waals surface area contributed by atoms with Crippen molar-refractivity contribution in [3.8, 4) is 0 Å². The van der Waals surface area contributed by atoms with Crippen LogP contribution in [0.2, 0.25) is 0 Å². The first-order chi connectivity index (χ1) is 37.5. The molecule has 0 bridgehead atoms. The lowest BCUT2D eigenvalue weighted by molar-refractivity contribution is -0.167. The van der Waals surface area contributed by atoms with E-state index in [1.165, 1.54) is 231 Å². The Morgan fingerprint density at radius 2 is 0.474 bits per heavy atom. The number of carbonyl (C=O) groups is 3. The summed E-state index contributed by atoms with van der Waals surface area (Å²) in [6.07, 6.45) is 82.3. The number of allylic oxidation sites excluding steroid dienone is 10. The van der Waals surface area contributed by atoms with Crippen molar-refractivity contribution in [2.45, 2.75) is 354 Å². The fourth-order valence-corrected chi connectivity index (χ4v) is 9.68. The second-order valence-corrected chi connectivity index (χ2v) is 22.4. The normalized spacial score (nSPS) is 12.4. The van der Waals surface area contributed by atoms with Crippen molar-refractivity contribution in [1.82, 2.24) is 0 Å².